The second-order valence-electron chi connectivity index (χ2n) is 33.7. The topological polar surface area (TPSA) is 268 Å². The second kappa shape index (κ2) is 30.7. The van der Waals surface area contributed by atoms with Crippen LogP contribution < -0.4 is 60.7 Å². The number of ether oxygens (including phenoxy) is 7. The van der Waals surface area contributed by atoms with Gasteiger partial charge in [0.15, 0.2) is 34.5 Å². The fourth-order valence-electron chi connectivity index (χ4n) is 14.6. The summed E-state index contributed by atoms with van der Waals surface area (Å²) in [6, 6.07) is 27.8. The van der Waals surface area contributed by atoms with Gasteiger partial charge in [-0.2, -0.15) is 0 Å². The number of amides is 5. The Morgan fingerprint density at radius 1 is 0.422 bits per heavy atom. The quantitative estimate of drug-likeness (QED) is 0.0366. The highest BCUT2D eigenvalue weighted by Gasteiger charge is 2.56. The number of carbonyl (C=O) groups excluding carboxylic acids is 6. The van der Waals surface area contributed by atoms with Crippen LogP contribution in [0, 0.1) is 17.5 Å². The predicted octanol–water partition coefficient (Wildman–Crippen LogP) is 17.6. The monoisotopic (exact) mass is 1640 g/mol. The van der Waals surface area contributed by atoms with Gasteiger partial charge < -0.3 is 79.2 Å². The zero-order chi connectivity index (χ0) is 84.8. The van der Waals surface area contributed by atoms with Gasteiger partial charge in [0, 0.05) is 121 Å². The molecule has 0 atom stereocenters. The van der Waals surface area contributed by atoms with Crippen LogP contribution in [0.2, 0.25) is 0 Å². The molecule has 9 aromatic rings. The number of fused-ring (bicyclic) bond motifs is 6. The van der Waals surface area contributed by atoms with Gasteiger partial charge in [-0.05, 0) is 160 Å². The summed E-state index contributed by atoms with van der Waals surface area (Å²) >= 11 is 4.64. The minimum Gasteiger partial charge on any atom is -0.444 e. The van der Waals surface area contributed by atoms with E-state index in [4.69, 9.17) is 10.5 Å². The Balaban J connectivity index is 0.000000157. The van der Waals surface area contributed by atoms with Gasteiger partial charge in [-0.3, -0.25) is 24.0 Å². The van der Waals surface area contributed by atoms with Crippen LogP contribution in [0.15, 0.2) is 109 Å². The van der Waals surface area contributed by atoms with Gasteiger partial charge in [0.05, 0.1) is 49.9 Å². The Hall–Kier alpha value is -10.8. The van der Waals surface area contributed by atoms with Crippen LogP contribution >= 0.6 is 11.6 Å². The van der Waals surface area contributed by atoms with Crippen LogP contribution in [0.1, 0.15) is 169 Å². The first-order valence-electron chi connectivity index (χ1n) is 37.7. The van der Waals surface area contributed by atoms with Crippen molar-refractivity contribution in [3.05, 3.63) is 160 Å². The van der Waals surface area contributed by atoms with Crippen molar-refractivity contribution in [1.29, 1.82) is 0 Å². The number of hydrogen-bond acceptors (Lipinski definition) is 14. The summed E-state index contributed by atoms with van der Waals surface area (Å²) in [6.45, 7) is 29.0. The van der Waals surface area contributed by atoms with Gasteiger partial charge in [-0.1, -0.05) is 80.5 Å². The molecule has 22 nitrogen and oxygen atoms in total. The number of anilines is 3. The number of carbonyl (C=O) groups is 6. The fourth-order valence-corrected chi connectivity index (χ4v) is 14.6. The molecule has 116 heavy (non-hydrogen) atoms. The molecule has 0 radical (unpaired) electrons. The molecule has 3 aliphatic heterocycles. The van der Waals surface area contributed by atoms with Gasteiger partial charge in [-0.25, -0.2) is 18.0 Å². The van der Waals surface area contributed by atoms with E-state index < -0.39 is 82.0 Å². The highest BCUT2D eigenvalue weighted by atomic mass is 35.5. The van der Waals surface area contributed by atoms with E-state index in [-0.39, 0.29) is 85.5 Å². The maximum Gasteiger partial charge on any atom is 0.586 e. The molecule has 3 aliphatic carbocycles. The van der Waals surface area contributed by atoms with Crippen molar-refractivity contribution >= 4 is 96.3 Å². The number of hydrogen-bond donors (Lipinski definition) is 6. The zero-order valence-corrected chi connectivity index (χ0v) is 67.1. The summed E-state index contributed by atoms with van der Waals surface area (Å²) in [5.74, 6) is -3.85. The van der Waals surface area contributed by atoms with E-state index in [1.54, 1.807) is 57.2 Å². The number of nitrogens with one attached hydrogen (secondary N) is 5. The van der Waals surface area contributed by atoms with Gasteiger partial charge in [0.2, 0.25) is 28.9 Å². The second-order valence-corrected chi connectivity index (χ2v) is 34.3. The zero-order valence-electron chi connectivity index (χ0n) is 66.4. The maximum absolute atomic E-state index is 15.4. The first-order chi connectivity index (χ1) is 53.9. The van der Waals surface area contributed by atoms with Crippen LogP contribution in [0.3, 0.4) is 0 Å². The van der Waals surface area contributed by atoms with Crippen molar-refractivity contribution in [2.75, 3.05) is 35.6 Å². The fraction of sp³-hybridized carbons (Fsp3) is 0.429. The minimum atomic E-state index is -3.76. The van der Waals surface area contributed by atoms with E-state index in [2.05, 4.69) is 87.4 Å². The Bertz CT molecular complexity index is 5400. The minimum absolute atomic E-state index is 0.0190. The molecule has 0 saturated heterocycles. The molecule has 7 N–H and O–H groups in total. The van der Waals surface area contributed by atoms with Crippen LogP contribution in [0.4, 0.5) is 61.4 Å². The number of halogens is 10. The molecular formula is C84H91ClF9N9O13. The lowest BCUT2D eigenvalue weighted by atomic mass is 9.92. The molecule has 6 aromatic carbocycles. The SMILES string of the molecule is CC(=O)Cl.CC(=O)NCCn1c(C(C)(C)C)cc2cc(NC(=O)C3(c4ccc5c(c4)OC(F)(F)O5)CC3)c(F)cc21.CC(C)(C)OC(=O)NCCn1c(C(C)(C)C)cc2cc(NC(=O)C3(c4ccc5c(c4)OC(F)(F)O5)CC3)c(F)cc21.CC(C)(C)c1cc2cc(NC(=O)C3(c4ccc5c(c4)OC(F)(F)O5)CC3)c(F)cc2n1CCN. The Morgan fingerprint density at radius 3 is 0.957 bits per heavy atom. The Morgan fingerprint density at radius 2 is 0.698 bits per heavy atom. The molecule has 0 spiro atoms. The third-order valence-electron chi connectivity index (χ3n) is 20.5. The number of benzene rings is 6. The van der Waals surface area contributed by atoms with Crippen molar-refractivity contribution in [3.8, 4) is 34.5 Å². The third kappa shape index (κ3) is 18.2. The summed E-state index contributed by atoms with van der Waals surface area (Å²) in [5.41, 5.74) is 8.13. The molecule has 15 rings (SSSR count). The van der Waals surface area contributed by atoms with E-state index in [0.29, 0.717) is 104 Å². The highest BCUT2D eigenvalue weighted by molar-refractivity contribution is 6.62. The summed E-state index contributed by atoms with van der Waals surface area (Å²) in [7, 11) is 0. The largest absolute Gasteiger partial charge is 0.586 e. The van der Waals surface area contributed by atoms with Crippen LogP contribution in [0.25, 0.3) is 32.7 Å². The number of alkyl halides is 6. The molecule has 0 unspecified atom stereocenters. The normalized spacial score (nSPS) is 16.8. The molecule has 32 heteroatoms. The lowest BCUT2D eigenvalue weighted by Gasteiger charge is -2.23. The van der Waals surface area contributed by atoms with Gasteiger partial charge in [-0.15, -0.1) is 26.3 Å². The number of alkyl carbamates (subject to hydrolysis) is 1. The van der Waals surface area contributed by atoms with Gasteiger partial charge in [0.1, 0.15) is 23.1 Å². The average molecular weight is 1640 g/mol. The van der Waals surface area contributed by atoms with Crippen molar-refractivity contribution in [2.45, 2.75) is 212 Å². The lowest BCUT2D eigenvalue weighted by Crippen LogP contribution is -2.34. The first-order valence-corrected chi connectivity index (χ1v) is 38.0. The number of nitrogens with two attached hydrogens (primary N) is 1. The van der Waals surface area contributed by atoms with E-state index in [9.17, 15) is 55.1 Å². The smallest absolute Gasteiger partial charge is 0.444 e. The van der Waals surface area contributed by atoms with Crippen molar-refractivity contribution in [2.24, 2.45) is 5.73 Å². The van der Waals surface area contributed by atoms with Gasteiger partial charge >= 0.3 is 25.0 Å². The van der Waals surface area contributed by atoms with Crippen LogP contribution in [-0.4, -0.2) is 92.8 Å². The third-order valence-corrected chi connectivity index (χ3v) is 20.5. The lowest BCUT2D eigenvalue weighted by molar-refractivity contribution is -0.287. The average Bonchev–Trinajstić information content (AvgIpc) is 1.57. The molecule has 0 bridgehead atoms. The summed E-state index contributed by atoms with van der Waals surface area (Å²) in [6.07, 6.45) is -8.80. The van der Waals surface area contributed by atoms with Crippen molar-refractivity contribution < 1.29 is 101 Å². The highest BCUT2D eigenvalue weighted by Crippen LogP contribution is 2.56. The Kier molecular flexibility index (Phi) is 22.4. The molecular weight excluding hydrogens is 1550 g/mol. The van der Waals surface area contributed by atoms with Crippen molar-refractivity contribution in [3.63, 3.8) is 0 Å². The van der Waals surface area contributed by atoms with E-state index >= 15 is 13.2 Å². The molecule has 620 valence electrons. The number of aromatic nitrogens is 3. The van der Waals surface area contributed by atoms with E-state index in [0.717, 1.165) is 33.2 Å². The maximum atomic E-state index is 15.4. The number of rotatable bonds is 17. The van der Waals surface area contributed by atoms with Crippen molar-refractivity contribution in [1.82, 2.24) is 24.3 Å². The molecule has 6 aliphatic rings. The predicted molar refractivity (Wildman–Crippen MR) is 417 cm³/mol. The molecule has 5 amide bonds. The first kappa shape index (κ1) is 84.6. The van der Waals surface area contributed by atoms with Gasteiger partial charge in [0.25, 0.3) is 0 Å². The van der Waals surface area contributed by atoms with E-state index in [1.807, 2.05) is 73.4 Å². The summed E-state index contributed by atoms with van der Waals surface area (Å²) in [4.78, 5) is 72.6. The van der Waals surface area contributed by atoms with Crippen LogP contribution in [-0.2, 0) is 80.8 Å². The molecule has 6 heterocycles. The molecule has 3 fully saturated rings. The Labute approximate surface area is 667 Å². The van der Waals surface area contributed by atoms with E-state index in [1.165, 1.54) is 68.4 Å². The molecule has 3 aromatic heterocycles. The van der Waals surface area contributed by atoms with Crippen LogP contribution in [0.5, 0.6) is 34.5 Å². The summed E-state index contributed by atoms with van der Waals surface area (Å²) < 4.78 is 165. The molecule has 3 saturated carbocycles. The standard InChI is InChI=1S/C30H34F3N3O5.C27H28F3N3O4.C25H26F3N3O3.C2H3ClO/c1-27(2,3)24-14-17-13-20(19(31)16-21(17)36(24)12-11-34-26(38)41-28(4,5)6)35-25(37)29(9-10-29)18-7-8-22-23(15-18)40-30(32,33)39-22;1-15(34)31-9-10-33-20-14-18(28)19(11-16(20)12-23(33)25(2,3)4)32-24(35)26(7-8-26)17-5-6-21-22(13-17)37-27(29,30)36-21;1-23(2,3)21-11-14-10-17(16(26)13-18(14)31(21)9-8-29)30-22(32)24(6-7-24)15-4-5-19-20(12-15)34-25(27,28)33-19;1-2(3)4/h7-8,13-16H,9-12H2,1-6H3,(H,34,38)(H,35,37);5-6,11-14H,7-10H2,1-4H3,(H,31,34)(H,32,35);4-5,10-13H,6-9,29H2,1-3H3,(H,30,32);1H3. The number of nitrogens with zero attached hydrogens (tertiary/aromatic N) is 3. The summed E-state index contributed by atoms with van der Waals surface area (Å²) in [5, 5.41) is 15.6.